The fraction of sp³-hybridized carbons (Fsp3) is 0.143. The first kappa shape index (κ1) is 16.8. The topological polar surface area (TPSA) is 30.2 Å². The van der Waals surface area contributed by atoms with Crippen molar-refractivity contribution in [3.8, 4) is 11.3 Å². The molecule has 0 aliphatic rings. The molecule has 26 heavy (non-hydrogen) atoms. The number of aromatic nitrogens is 3. The van der Waals surface area contributed by atoms with Gasteiger partial charge in [0.2, 0.25) is 0 Å². The van der Waals surface area contributed by atoms with E-state index in [4.69, 9.17) is 5.10 Å². The van der Waals surface area contributed by atoms with Crippen LogP contribution in [-0.2, 0) is 5.75 Å². The number of aryl methyl sites for hydroxylation is 2. The maximum absolute atomic E-state index is 13.9. The van der Waals surface area contributed by atoms with Crippen LogP contribution in [0.15, 0.2) is 66.0 Å². The van der Waals surface area contributed by atoms with Gasteiger partial charge in [0.25, 0.3) is 0 Å². The smallest absolute Gasteiger partial charge is 0.127 e. The van der Waals surface area contributed by atoms with Gasteiger partial charge in [-0.05, 0) is 37.1 Å². The second kappa shape index (κ2) is 6.92. The average molecular weight is 363 g/mol. The zero-order valence-electron chi connectivity index (χ0n) is 14.6. The molecule has 0 aliphatic carbocycles. The fourth-order valence-corrected chi connectivity index (χ4v) is 3.97. The second-order valence-corrected chi connectivity index (χ2v) is 7.25. The average Bonchev–Trinajstić information content (AvgIpc) is 3.05. The van der Waals surface area contributed by atoms with Gasteiger partial charge in [-0.2, -0.15) is 5.10 Å². The fourth-order valence-electron chi connectivity index (χ4n) is 3.00. The molecule has 0 fully saturated rings. The molecule has 0 saturated heterocycles. The van der Waals surface area contributed by atoms with Crippen LogP contribution in [0.2, 0.25) is 0 Å². The van der Waals surface area contributed by atoms with Crippen molar-refractivity contribution in [2.45, 2.75) is 24.6 Å². The van der Waals surface area contributed by atoms with E-state index in [1.54, 1.807) is 18.3 Å². The maximum atomic E-state index is 13.9. The minimum absolute atomic E-state index is 0.184. The van der Waals surface area contributed by atoms with Crippen molar-refractivity contribution in [2.75, 3.05) is 0 Å². The van der Waals surface area contributed by atoms with Crippen molar-refractivity contribution in [3.63, 3.8) is 0 Å². The molecule has 3 nitrogen and oxygen atoms in total. The first-order chi connectivity index (χ1) is 12.6. The molecular formula is C21H18FN3S. The van der Waals surface area contributed by atoms with Crippen LogP contribution in [-0.4, -0.2) is 14.6 Å². The molecule has 0 spiro atoms. The van der Waals surface area contributed by atoms with Crippen LogP contribution in [0.1, 0.15) is 16.7 Å². The van der Waals surface area contributed by atoms with Gasteiger partial charge in [-0.15, -0.1) is 0 Å². The summed E-state index contributed by atoms with van der Waals surface area (Å²) in [6, 6.07) is 15.3. The summed E-state index contributed by atoms with van der Waals surface area (Å²) in [6.45, 7) is 4.18. The Kier molecular flexibility index (Phi) is 4.47. The SMILES string of the molecule is Cc1ccc(-c2cc3c(SCc4ccccc4F)nccn3n2)c(C)c1. The second-order valence-electron chi connectivity index (χ2n) is 6.29. The van der Waals surface area contributed by atoms with E-state index < -0.39 is 0 Å². The van der Waals surface area contributed by atoms with Crippen molar-refractivity contribution < 1.29 is 4.39 Å². The zero-order chi connectivity index (χ0) is 18.1. The van der Waals surface area contributed by atoms with Crippen molar-refractivity contribution in [2.24, 2.45) is 0 Å². The first-order valence-electron chi connectivity index (χ1n) is 8.40. The molecule has 4 aromatic rings. The monoisotopic (exact) mass is 363 g/mol. The lowest BCUT2D eigenvalue weighted by Crippen LogP contribution is -1.92. The Bertz CT molecular complexity index is 1090. The number of halogens is 1. The molecule has 0 amide bonds. The first-order valence-corrected chi connectivity index (χ1v) is 9.38. The zero-order valence-corrected chi connectivity index (χ0v) is 15.4. The Balaban J connectivity index is 1.68. The Morgan fingerprint density at radius 3 is 2.73 bits per heavy atom. The van der Waals surface area contributed by atoms with E-state index in [2.05, 4.69) is 37.0 Å². The molecule has 0 N–H and O–H groups in total. The van der Waals surface area contributed by atoms with E-state index in [-0.39, 0.29) is 5.82 Å². The van der Waals surface area contributed by atoms with Crippen LogP contribution >= 0.6 is 11.8 Å². The highest BCUT2D eigenvalue weighted by Crippen LogP contribution is 2.30. The minimum Gasteiger partial charge on any atom is -0.246 e. The molecule has 0 aliphatic heterocycles. The third-order valence-electron chi connectivity index (χ3n) is 4.33. The Labute approximate surface area is 155 Å². The highest BCUT2D eigenvalue weighted by Gasteiger charge is 2.12. The van der Waals surface area contributed by atoms with Gasteiger partial charge >= 0.3 is 0 Å². The number of hydrogen-bond acceptors (Lipinski definition) is 3. The van der Waals surface area contributed by atoms with Gasteiger partial charge in [0, 0.05) is 23.7 Å². The molecule has 130 valence electrons. The summed E-state index contributed by atoms with van der Waals surface area (Å²) in [6.07, 6.45) is 3.57. The van der Waals surface area contributed by atoms with Crippen molar-refractivity contribution in [1.29, 1.82) is 0 Å². The van der Waals surface area contributed by atoms with Gasteiger partial charge < -0.3 is 0 Å². The van der Waals surface area contributed by atoms with Crippen LogP contribution in [0, 0.1) is 19.7 Å². The maximum Gasteiger partial charge on any atom is 0.127 e. The van der Waals surface area contributed by atoms with E-state index in [1.165, 1.54) is 29.0 Å². The Morgan fingerprint density at radius 1 is 1.08 bits per heavy atom. The van der Waals surface area contributed by atoms with Crippen molar-refractivity contribution in [1.82, 2.24) is 14.6 Å². The van der Waals surface area contributed by atoms with Crippen LogP contribution in [0.5, 0.6) is 0 Å². The summed E-state index contributed by atoms with van der Waals surface area (Å²) in [7, 11) is 0. The summed E-state index contributed by atoms with van der Waals surface area (Å²) in [5.74, 6) is 0.347. The summed E-state index contributed by atoms with van der Waals surface area (Å²) in [5, 5.41) is 5.54. The van der Waals surface area contributed by atoms with E-state index >= 15 is 0 Å². The molecule has 0 unspecified atom stereocenters. The van der Waals surface area contributed by atoms with Gasteiger partial charge in [-0.3, -0.25) is 0 Å². The molecule has 0 bridgehead atoms. The van der Waals surface area contributed by atoms with Crippen LogP contribution in [0.4, 0.5) is 4.39 Å². The van der Waals surface area contributed by atoms with E-state index in [1.807, 2.05) is 22.8 Å². The lowest BCUT2D eigenvalue weighted by Gasteiger charge is -2.04. The molecule has 2 aromatic heterocycles. The number of nitrogens with zero attached hydrogens (tertiary/aromatic N) is 3. The predicted molar refractivity (Wildman–Crippen MR) is 104 cm³/mol. The molecule has 0 saturated carbocycles. The van der Waals surface area contributed by atoms with Gasteiger partial charge in [0.15, 0.2) is 0 Å². The van der Waals surface area contributed by atoms with Crippen molar-refractivity contribution >= 4 is 17.3 Å². The largest absolute Gasteiger partial charge is 0.246 e. The standard InChI is InChI=1S/C21H18FN3S/c1-14-7-8-17(15(2)11-14)19-12-20-21(23-9-10-25(20)24-19)26-13-16-5-3-4-6-18(16)22/h3-12H,13H2,1-2H3. The van der Waals surface area contributed by atoms with E-state index in [0.717, 1.165) is 21.8 Å². The Hall–Kier alpha value is -2.66. The Morgan fingerprint density at radius 2 is 1.92 bits per heavy atom. The molecule has 2 heterocycles. The minimum atomic E-state index is -0.184. The third-order valence-corrected chi connectivity index (χ3v) is 5.38. The number of benzene rings is 2. The third kappa shape index (κ3) is 3.22. The molecule has 0 atom stereocenters. The summed E-state index contributed by atoms with van der Waals surface area (Å²) >= 11 is 1.52. The highest BCUT2D eigenvalue weighted by atomic mass is 32.2. The van der Waals surface area contributed by atoms with Gasteiger partial charge in [-0.1, -0.05) is 53.7 Å². The summed E-state index contributed by atoms with van der Waals surface area (Å²) < 4.78 is 15.7. The van der Waals surface area contributed by atoms with Crippen molar-refractivity contribution in [3.05, 3.63) is 83.4 Å². The number of rotatable bonds is 4. The van der Waals surface area contributed by atoms with E-state index in [0.29, 0.717) is 11.3 Å². The normalized spacial score (nSPS) is 11.2. The number of hydrogen-bond donors (Lipinski definition) is 0. The molecule has 5 heteroatoms. The number of fused-ring (bicyclic) bond motifs is 1. The quantitative estimate of drug-likeness (QED) is 0.452. The van der Waals surface area contributed by atoms with Crippen LogP contribution in [0.3, 0.4) is 0 Å². The van der Waals surface area contributed by atoms with Gasteiger partial charge in [0.05, 0.1) is 11.2 Å². The molecule has 2 aromatic carbocycles. The van der Waals surface area contributed by atoms with E-state index in [9.17, 15) is 4.39 Å². The van der Waals surface area contributed by atoms with Crippen LogP contribution in [0.25, 0.3) is 16.8 Å². The summed E-state index contributed by atoms with van der Waals surface area (Å²) in [5.41, 5.74) is 6.08. The predicted octanol–water partition coefficient (Wildman–Crippen LogP) is 5.44. The number of thioether (sulfide) groups is 1. The molecule has 0 radical (unpaired) electrons. The molecule has 4 rings (SSSR count). The highest BCUT2D eigenvalue weighted by molar-refractivity contribution is 7.98. The van der Waals surface area contributed by atoms with Gasteiger partial charge in [-0.25, -0.2) is 13.9 Å². The lowest BCUT2D eigenvalue weighted by molar-refractivity contribution is 0.617. The summed E-state index contributed by atoms with van der Waals surface area (Å²) in [4.78, 5) is 4.47. The molecular weight excluding hydrogens is 345 g/mol. The van der Waals surface area contributed by atoms with Gasteiger partial charge in [0.1, 0.15) is 10.8 Å². The lowest BCUT2D eigenvalue weighted by atomic mass is 10.0. The van der Waals surface area contributed by atoms with Crippen LogP contribution < -0.4 is 0 Å².